The lowest BCUT2D eigenvalue weighted by Gasteiger charge is -2.36. The molecule has 1 aliphatic carbocycles. The van der Waals surface area contributed by atoms with Gasteiger partial charge in [-0.2, -0.15) is 0 Å². The molecule has 2 fully saturated rings. The first-order chi connectivity index (χ1) is 7.18. The lowest BCUT2D eigenvalue weighted by atomic mass is 9.86. The summed E-state index contributed by atoms with van der Waals surface area (Å²) in [5.41, 5.74) is 0. The molecule has 2 heteroatoms. The second-order valence-electron chi connectivity index (χ2n) is 5.49. The van der Waals surface area contributed by atoms with Crippen molar-refractivity contribution in [1.82, 2.24) is 4.90 Å². The highest BCUT2D eigenvalue weighted by atomic mass is 16.1. The van der Waals surface area contributed by atoms with Gasteiger partial charge < -0.3 is 0 Å². The Balaban J connectivity index is 1.85. The van der Waals surface area contributed by atoms with E-state index in [9.17, 15) is 4.79 Å². The van der Waals surface area contributed by atoms with Gasteiger partial charge in [-0.25, -0.2) is 0 Å². The Labute approximate surface area is 93.0 Å². The molecule has 1 unspecified atom stereocenters. The summed E-state index contributed by atoms with van der Waals surface area (Å²) in [6, 6.07) is 0.290. The Hall–Kier alpha value is -0.370. The van der Waals surface area contributed by atoms with Gasteiger partial charge in [0.2, 0.25) is 0 Å². The molecule has 1 heterocycles. The molecular formula is C13H23NO. The Kier molecular flexibility index (Phi) is 3.45. The van der Waals surface area contributed by atoms with Gasteiger partial charge >= 0.3 is 0 Å². The first-order valence-electron chi connectivity index (χ1n) is 6.45. The molecule has 1 saturated carbocycles. The summed E-state index contributed by atoms with van der Waals surface area (Å²) in [5, 5.41) is 0. The van der Waals surface area contributed by atoms with Crippen LogP contribution in [0.3, 0.4) is 0 Å². The van der Waals surface area contributed by atoms with Crippen LogP contribution in [0.25, 0.3) is 0 Å². The number of carbonyl (C=O) groups is 1. The quantitative estimate of drug-likeness (QED) is 0.696. The van der Waals surface area contributed by atoms with E-state index in [-0.39, 0.29) is 6.04 Å². The monoisotopic (exact) mass is 209 g/mol. The van der Waals surface area contributed by atoms with Crippen LogP contribution in [-0.4, -0.2) is 29.8 Å². The van der Waals surface area contributed by atoms with Crippen LogP contribution in [0.15, 0.2) is 0 Å². The van der Waals surface area contributed by atoms with Crippen molar-refractivity contribution in [3.05, 3.63) is 0 Å². The molecule has 2 rings (SSSR count). The minimum atomic E-state index is 0.290. The maximum absolute atomic E-state index is 11.6. The van der Waals surface area contributed by atoms with Gasteiger partial charge in [-0.3, -0.25) is 9.69 Å². The summed E-state index contributed by atoms with van der Waals surface area (Å²) < 4.78 is 0. The summed E-state index contributed by atoms with van der Waals surface area (Å²) in [6.07, 6.45) is 5.65. The minimum absolute atomic E-state index is 0.290. The van der Waals surface area contributed by atoms with Crippen LogP contribution in [-0.2, 0) is 4.79 Å². The average molecular weight is 209 g/mol. The minimum Gasteiger partial charge on any atom is -0.298 e. The SMILES string of the molecule is CC(C)C1CCN(C2CCCC2=O)CC1. The second-order valence-corrected chi connectivity index (χ2v) is 5.49. The van der Waals surface area contributed by atoms with Crippen LogP contribution in [0.5, 0.6) is 0 Å². The van der Waals surface area contributed by atoms with Crippen LogP contribution in [0.2, 0.25) is 0 Å². The normalized spacial score (nSPS) is 30.3. The molecule has 0 aromatic heterocycles. The highest BCUT2D eigenvalue weighted by Gasteiger charge is 2.32. The van der Waals surface area contributed by atoms with Crippen molar-refractivity contribution in [2.24, 2.45) is 11.8 Å². The number of Topliss-reactive ketones (excluding diaryl/α,β-unsaturated/α-hetero) is 1. The van der Waals surface area contributed by atoms with Crippen LogP contribution in [0, 0.1) is 11.8 Å². The van der Waals surface area contributed by atoms with Crippen molar-refractivity contribution in [2.75, 3.05) is 13.1 Å². The van der Waals surface area contributed by atoms with Crippen molar-refractivity contribution >= 4 is 5.78 Å². The van der Waals surface area contributed by atoms with E-state index in [1.54, 1.807) is 0 Å². The number of hydrogen-bond donors (Lipinski definition) is 0. The molecule has 0 aromatic carbocycles. The van der Waals surface area contributed by atoms with Crippen molar-refractivity contribution in [1.29, 1.82) is 0 Å². The first kappa shape index (κ1) is 11.1. The third-order valence-corrected chi connectivity index (χ3v) is 4.23. The van der Waals surface area contributed by atoms with E-state index in [1.165, 1.54) is 12.8 Å². The molecule has 1 atom stereocenters. The van der Waals surface area contributed by atoms with Crippen LogP contribution < -0.4 is 0 Å². The van der Waals surface area contributed by atoms with E-state index < -0.39 is 0 Å². The number of likely N-dealkylation sites (tertiary alicyclic amines) is 1. The lowest BCUT2D eigenvalue weighted by molar-refractivity contribution is -0.122. The Morgan fingerprint density at radius 1 is 1.20 bits per heavy atom. The average Bonchev–Trinajstić information content (AvgIpc) is 2.65. The molecule has 0 bridgehead atoms. The molecule has 1 saturated heterocycles. The summed E-state index contributed by atoms with van der Waals surface area (Å²) in [4.78, 5) is 14.1. The van der Waals surface area contributed by atoms with Crippen molar-refractivity contribution in [3.8, 4) is 0 Å². The van der Waals surface area contributed by atoms with E-state index in [1.807, 2.05) is 0 Å². The van der Waals surface area contributed by atoms with E-state index in [4.69, 9.17) is 0 Å². The van der Waals surface area contributed by atoms with Crippen molar-refractivity contribution in [2.45, 2.75) is 52.0 Å². The standard InChI is InChI=1S/C13H23NO/c1-10(2)11-6-8-14(9-7-11)12-4-3-5-13(12)15/h10-12H,3-9H2,1-2H3. The summed E-state index contributed by atoms with van der Waals surface area (Å²) >= 11 is 0. The Morgan fingerprint density at radius 2 is 1.87 bits per heavy atom. The van der Waals surface area contributed by atoms with Gasteiger partial charge in [0.1, 0.15) is 5.78 Å². The largest absolute Gasteiger partial charge is 0.298 e. The molecule has 15 heavy (non-hydrogen) atoms. The van der Waals surface area contributed by atoms with Crippen molar-refractivity contribution in [3.63, 3.8) is 0 Å². The zero-order valence-electron chi connectivity index (χ0n) is 10.0. The lowest BCUT2D eigenvalue weighted by Crippen LogP contribution is -2.44. The van der Waals surface area contributed by atoms with E-state index in [2.05, 4.69) is 18.7 Å². The molecular weight excluding hydrogens is 186 g/mol. The van der Waals surface area contributed by atoms with Crippen LogP contribution >= 0.6 is 0 Å². The topological polar surface area (TPSA) is 20.3 Å². The predicted octanol–water partition coefficient (Wildman–Crippen LogP) is 2.48. The zero-order valence-corrected chi connectivity index (χ0v) is 10.0. The molecule has 2 aliphatic rings. The molecule has 86 valence electrons. The Morgan fingerprint density at radius 3 is 2.33 bits per heavy atom. The number of nitrogens with zero attached hydrogens (tertiary/aromatic N) is 1. The Bertz CT molecular complexity index is 229. The number of carbonyl (C=O) groups excluding carboxylic acids is 1. The third-order valence-electron chi connectivity index (χ3n) is 4.23. The fraction of sp³-hybridized carbons (Fsp3) is 0.923. The number of rotatable bonds is 2. The van der Waals surface area contributed by atoms with Gasteiger partial charge in [0.15, 0.2) is 0 Å². The van der Waals surface area contributed by atoms with Gasteiger partial charge in [0.25, 0.3) is 0 Å². The van der Waals surface area contributed by atoms with Gasteiger partial charge in [-0.05, 0) is 50.6 Å². The maximum Gasteiger partial charge on any atom is 0.149 e. The zero-order chi connectivity index (χ0) is 10.8. The maximum atomic E-state index is 11.6. The van der Waals surface area contributed by atoms with E-state index in [0.29, 0.717) is 5.78 Å². The predicted molar refractivity (Wildman–Crippen MR) is 61.8 cm³/mol. The molecule has 2 nitrogen and oxygen atoms in total. The van der Waals surface area contributed by atoms with Crippen molar-refractivity contribution < 1.29 is 4.79 Å². The molecule has 0 N–H and O–H groups in total. The highest BCUT2D eigenvalue weighted by Crippen LogP contribution is 2.28. The first-order valence-corrected chi connectivity index (χ1v) is 6.45. The fourth-order valence-corrected chi connectivity index (χ4v) is 3.08. The van der Waals surface area contributed by atoms with Gasteiger partial charge in [-0.1, -0.05) is 13.8 Å². The fourth-order valence-electron chi connectivity index (χ4n) is 3.08. The van der Waals surface area contributed by atoms with E-state index in [0.717, 1.165) is 44.2 Å². The third kappa shape index (κ3) is 2.41. The smallest absolute Gasteiger partial charge is 0.149 e. The van der Waals surface area contributed by atoms with Crippen LogP contribution in [0.1, 0.15) is 46.0 Å². The van der Waals surface area contributed by atoms with Crippen LogP contribution in [0.4, 0.5) is 0 Å². The summed E-state index contributed by atoms with van der Waals surface area (Å²) in [6.45, 7) is 6.95. The molecule has 0 radical (unpaired) electrons. The molecule has 1 aliphatic heterocycles. The van der Waals surface area contributed by atoms with Gasteiger partial charge in [0.05, 0.1) is 6.04 Å². The second kappa shape index (κ2) is 4.65. The number of ketones is 1. The number of piperidine rings is 1. The summed E-state index contributed by atoms with van der Waals surface area (Å²) in [7, 11) is 0. The summed E-state index contributed by atoms with van der Waals surface area (Å²) in [5.74, 6) is 2.20. The molecule has 0 amide bonds. The number of hydrogen-bond acceptors (Lipinski definition) is 2. The highest BCUT2D eigenvalue weighted by molar-refractivity contribution is 5.85. The van der Waals surface area contributed by atoms with Gasteiger partial charge in [0, 0.05) is 6.42 Å². The molecule has 0 aromatic rings. The van der Waals surface area contributed by atoms with Gasteiger partial charge in [-0.15, -0.1) is 0 Å². The van der Waals surface area contributed by atoms with E-state index >= 15 is 0 Å². The molecule has 0 spiro atoms.